The summed E-state index contributed by atoms with van der Waals surface area (Å²) in [6, 6.07) is 5.85. The maximum Gasteiger partial charge on any atom is 0.412 e. The SMILES string of the molecule is CC(=O)c1cc(O)ccc1-c1cc(C(N)=O)c(NC(=O)OC(C)(C)C)s1. The minimum Gasteiger partial charge on any atom is -0.508 e. The van der Waals surface area contributed by atoms with Gasteiger partial charge in [-0.1, -0.05) is 0 Å². The van der Waals surface area contributed by atoms with E-state index in [9.17, 15) is 19.5 Å². The Hall–Kier alpha value is -2.87. The number of carbonyl (C=O) groups excluding carboxylic acids is 3. The first-order valence-electron chi connectivity index (χ1n) is 7.76. The molecule has 0 spiro atoms. The van der Waals surface area contributed by atoms with Gasteiger partial charge in [-0.05, 0) is 52.0 Å². The van der Waals surface area contributed by atoms with Gasteiger partial charge in [-0.3, -0.25) is 14.9 Å². The van der Waals surface area contributed by atoms with Gasteiger partial charge < -0.3 is 15.6 Å². The lowest BCUT2D eigenvalue weighted by molar-refractivity contribution is 0.0636. The summed E-state index contributed by atoms with van der Waals surface area (Å²) in [6.07, 6.45) is -0.717. The molecule has 0 radical (unpaired) electrons. The molecule has 1 heterocycles. The van der Waals surface area contributed by atoms with Crippen molar-refractivity contribution in [2.24, 2.45) is 5.73 Å². The van der Waals surface area contributed by atoms with Crippen LogP contribution >= 0.6 is 11.3 Å². The summed E-state index contributed by atoms with van der Waals surface area (Å²) in [6.45, 7) is 6.53. The number of benzene rings is 1. The number of hydrogen-bond acceptors (Lipinski definition) is 6. The fourth-order valence-corrected chi connectivity index (χ4v) is 3.32. The van der Waals surface area contributed by atoms with E-state index < -0.39 is 17.6 Å². The number of nitrogens with two attached hydrogens (primary N) is 1. The summed E-state index contributed by atoms with van der Waals surface area (Å²) in [5.41, 5.74) is 5.64. The maximum atomic E-state index is 12.0. The Morgan fingerprint density at radius 3 is 2.35 bits per heavy atom. The summed E-state index contributed by atoms with van der Waals surface area (Å²) in [7, 11) is 0. The predicted octanol–water partition coefficient (Wildman–Crippen LogP) is 3.77. The van der Waals surface area contributed by atoms with E-state index in [0.29, 0.717) is 16.0 Å². The van der Waals surface area contributed by atoms with Gasteiger partial charge in [-0.15, -0.1) is 11.3 Å². The molecule has 0 saturated carbocycles. The fourth-order valence-electron chi connectivity index (χ4n) is 2.23. The molecule has 0 fully saturated rings. The number of anilines is 1. The van der Waals surface area contributed by atoms with Gasteiger partial charge in [0.25, 0.3) is 5.91 Å². The van der Waals surface area contributed by atoms with Crippen molar-refractivity contribution >= 4 is 34.1 Å². The molecule has 2 amide bonds. The number of carbonyl (C=O) groups is 3. The fraction of sp³-hybridized carbons (Fsp3) is 0.278. The van der Waals surface area contributed by atoms with Gasteiger partial charge >= 0.3 is 6.09 Å². The number of Topliss-reactive ketones (excluding diaryl/α,β-unsaturated/α-hetero) is 1. The van der Waals surface area contributed by atoms with Crippen molar-refractivity contribution in [3.63, 3.8) is 0 Å². The summed E-state index contributed by atoms with van der Waals surface area (Å²) >= 11 is 1.09. The number of ether oxygens (including phenoxy) is 1. The number of hydrogen-bond donors (Lipinski definition) is 3. The quantitative estimate of drug-likeness (QED) is 0.702. The molecular weight excluding hydrogens is 356 g/mol. The van der Waals surface area contributed by atoms with Crippen molar-refractivity contribution in [3.05, 3.63) is 35.4 Å². The molecule has 0 aliphatic rings. The minimum absolute atomic E-state index is 0.0438. The molecule has 0 aliphatic carbocycles. The summed E-state index contributed by atoms with van der Waals surface area (Å²) < 4.78 is 5.19. The molecule has 138 valence electrons. The molecule has 0 atom stereocenters. The Morgan fingerprint density at radius 2 is 1.81 bits per heavy atom. The molecule has 4 N–H and O–H groups in total. The van der Waals surface area contributed by atoms with E-state index in [-0.39, 0.29) is 22.1 Å². The van der Waals surface area contributed by atoms with Gasteiger partial charge in [0, 0.05) is 16.0 Å². The molecule has 0 bridgehead atoms. The monoisotopic (exact) mass is 376 g/mol. The first kappa shape index (κ1) is 19.5. The molecule has 2 rings (SSSR count). The van der Waals surface area contributed by atoms with Crippen LogP contribution in [0.1, 0.15) is 48.4 Å². The van der Waals surface area contributed by atoms with Crippen LogP contribution in [-0.4, -0.2) is 28.5 Å². The average Bonchev–Trinajstić information content (AvgIpc) is 2.88. The topological polar surface area (TPSA) is 119 Å². The average molecular weight is 376 g/mol. The van der Waals surface area contributed by atoms with E-state index in [4.69, 9.17) is 10.5 Å². The number of ketones is 1. The highest BCUT2D eigenvalue weighted by Gasteiger charge is 2.22. The van der Waals surface area contributed by atoms with E-state index in [0.717, 1.165) is 11.3 Å². The lowest BCUT2D eigenvalue weighted by Crippen LogP contribution is -2.27. The van der Waals surface area contributed by atoms with Gasteiger partial charge in [0.2, 0.25) is 0 Å². The van der Waals surface area contributed by atoms with Crippen molar-refractivity contribution in [3.8, 4) is 16.2 Å². The highest BCUT2D eigenvalue weighted by Crippen LogP contribution is 2.38. The third-order valence-electron chi connectivity index (χ3n) is 3.26. The van der Waals surface area contributed by atoms with E-state index in [1.54, 1.807) is 26.8 Å². The van der Waals surface area contributed by atoms with Crippen molar-refractivity contribution in [2.75, 3.05) is 5.32 Å². The van der Waals surface area contributed by atoms with Crippen LogP contribution in [0.2, 0.25) is 0 Å². The summed E-state index contributed by atoms with van der Waals surface area (Å²) in [5.74, 6) is -1.01. The first-order chi connectivity index (χ1) is 12.0. The molecular formula is C18H20N2O5S. The largest absolute Gasteiger partial charge is 0.508 e. The van der Waals surface area contributed by atoms with E-state index in [1.807, 2.05) is 0 Å². The number of primary amides is 1. The van der Waals surface area contributed by atoms with E-state index >= 15 is 0 Å². The lowest BCUT2D eigenvalue weighted by atomic mass is 10.0. The smallest absolute Gasteiger partial charge is 0.412 e. The zero-order valence-electron chi connectivity index (χ0n) is 14.9. The van der Waals surface area contributed by atoms with Crippen molar-refractivity contribution in [1.82, 2.24) is 0 Å². The Bertz CT molecular complexity index is 880. The Kier molecular flexibility index (Phi) is 5.36. The zero-order chi connectivity index (χ0) is 19.6. The number of thiophene rings is 1. The van der Waals surface area contributed by atoms with Gasteiger partial charge in [-0.2, -0.15) is 0 Å². The van der Waals surface area contributed by atoms with Crippen molar-refractivity contribution in [1.29, 1.82) is 0 Å². The van der Waals surface area contributed by atoms with Gasteiger partial charge in [0.05, 0.1) is 5.56 Å². The molecule has 1 aromatic heterocycles. The molecule has 8 heteroatoms. The van der Waals surface area contributed by atoms with Gasteiger partial charge in [0.1, 0.15) is 16.4 Å². The second kappa shape index (κ2) is 7.17. The van der Waals surface area contributed by atoms with Crippen LogP contribution in [0.5, 0.6) is 5.75 Å². The Balaban J connectivity index is 2.46. The molecule has 7 nitrogen and oxygen atoms in total. The highest BCUT2D eigenvalue weighted by atomic mass is 32.1. The lowest BCUT2D eigenvalue weighted by Gasteiger charge is -2.19. The maximum absolute atomic E-state index is 12.0. The third kappa shape index (κ3) is 4.60. The second-order valence-electron chi connectivity index (χ2n) is 6.63. The van der Waals surface area contributed by atoms with Gasteiger partial charge in [-0.25, -0.2) is 4.79 Å². The number of phenols is 1. The summed E-state index contributed by atoms with van der Waals surface area (Å²) in [5, 5.41) is 12.4. The van der Waals surface area contributed by atoms with Crippen LogP contribution in [0.4, 0.5) is 9.80 Å². The highest BCUT2D eigenvalue weighted by molar-refractivity contribution is 7.20. The number of phenolic OH excluding ortho intramolecular Hbond substituents is 1. The van der Waals surface area contributed by atoms with Crippen LogP contribution < -0.4 is 11.1 Å². The Labute approximate surface area is 154 Å². The molecule has 1 aromatic carbocycles. The number of rotatable bonds is 4. The van der Waals surface area contributed by atoms with Gasteiger partial charge in [0.15, 0.2) is 5.78 Å². The number of aromatic hydroxyl groups is 1. The number of amides is 2. The standard InChI is InChI=1S/C18H20N2O5S/c1-9(21)12-7-10(22)5-6-11(12)14-8-13(15(19)23)16(26-14)20-17(24)25-18(2,3)4/h5-8,22H,1-4H3,(H2,19,23)(H,20,24). The molecule has 26 heavy (non-hydrogen) atoms. The van der Waals surface area contributed by atoms with E-state index in [2.05, 4.69) is 5.32 Å². The van der Waals surface area contributed by atoms with Crippen LogP contribution in [0.25, 0.3) is 10.4 Å². The molecule has 0 unspecified atom stereocenters. The number of nitrogens with one attached hydrogen (secondary N) is 1. The van der Waals surface area contributed by atoms with Crippen molar-refractivity contribution < 1.29 is 24.2 Å². The zero-order valence-corrected chi connectivity index (χ0v) is 15.7. The molecule has 0 aliphatic heterocycles. The third-order valence-corrected chi connectivity index (χ3v) is 4.34. The van der Waals surface area contributed by atoms with Crippen LogP contribution in [0.15, 0.2) is 24.3 Å². The molecule has 0 saturated heterocycles. The normalized spacial score (nSPS) is 11.1. The first-order valence-corrected chi connectivity index (χ1v) is 8.57. The van der Waals surface area contributed by atoms with Crippen molar-refractivity contribution in [2.45, 2.75) is 33.3 Å². The van der Waals surface area contributed by atoms with E-state index in [1.165, 1.54) is 25.1 Å². The summed E-state index contributed by atoms with van der Waals surface area (Å²) in [4.78, 5) is 36.2. The van der Waals surface area contributed by atoms with Crippen LogP contribution in [0, 0.1) is 0 Å². The Morgan fingerprint density at radius 1 is 1.15 bits per heavy atom. The van der Waals surface area contributed by atoms with Crippen LogP contribution in [0.3, 0.4) is 0 Å². The predicted molar refractivity (Wildman–Crippen MR) is 99.8 cm³/mol. The van der Waals surface area contributed by atoms with Crippen LogP contribution in [-0.2, 0) is 4.74 Å². The molecule has 2 aromatic rings. The minimum atomic E-state index is -0.721. The second-order valence-corrected chi connectivity index (χ2v) is 7.68.